The van der Waals surface area contributed by atoms with Crippen molar-refractivity contribution in [3.63, 3.8) is 0 Å². The molecule has 3 aromatic heterocycles. The van der Waals surface area contributed by atoms with Gasteiger partial charge in [-0.25, -0.2) is 15.0 Å². The summed E-state index contributed by atoms with van der Waals surface area (Å²) < 4.78 is 0. The van der Waals surface area contributed by atoms with E-state index in [1.807, 2.05) is 55.6 Å². The van der Waals surface area contributed by atoms with E-state index in [1.165, 1.54) is 5.56 Å². The van der Waals surface area contributed by atoms with Crippen molar-refractivity contribution in [2.24, 2.45) is 0 Å². The zero-order chi connectivity index (χ0) is 23.7. The second-order valence-corrected chi connectivity index (χ2v) is 9.48. The van der Waals surface area contributed by atoms with E-state index in [2.05, 4.69) is 26.3 Å². The molecule has 1 aliphatic heterocycles. The van der Waals surface area contributed by atoms with Crippen LogP contribution < -0.4 is 10.2 Å². The van der Waals surface area contributed by atoms with Crippen LogP contribution in [-0.4, -0.2) is 32.6 Å². The number of carboxylic acid groups (broad SMARTS) is 1. The summed E-state index contributed by atoms with van der Waals surface area (Å²) in [6.07, 6.45) is 4.45. The maximum atomic E-state index is 11.5. The number of carbonyl (C=O) groups is 1. The average molecular weight is 472 g/mol. The van der Waals surface area contributed by atoms with Gasteiger partial charge in [0.05, 0.1) is 16.5 Å². The first-order valence-corrected chi connectivity index (χ1v) is 12.0. The molecule has 1 aromatic carbocycles. The number of fused-ring (bicyclic) bond motifs is 1. The second kappa shape index (κ2) is 9.23. The molecule has 0 bridgehead atoms. The fraction of sp³-hybridized carbons (Fsp3) is 0.231. The van der Waals surface area contributed by atoms with Crippen molar-refractivity contribution in [1.29, 1.82) is 0 Å². The predicted molar refractivity (Wildman–Crippen MR) is 135 cm³/mol. The van der Waals surface area contributed by atoms with Gasteiger partial charge < -0.3 is 15.3 Å². The number of anilines is 3. The van der Waals surface area contributed by atoms with E-state index in [4.69, 9.17) is 4.98 Å². The van der Waals surface area contributed by atoms with Gasteiger partial charge in [-0.3, -0.25) is 4.79 Å². The second-order valence-electron chi connectivity index (χ2n) is 8.47. The lowest BCUT2D eigenvalue weighted by atomic mass is 9.88. The minimum absolute atomic E-state index is 0.505. The molecule has 0 amide bonds. The Bertz CT molecular complexity index is 1350. The fourth-order valence-corrected chi connectivity index (χ4v) is 5.16. The molecule has 4 heterocycles. The van der Waals surface area contributed by atoms with Crippen molar-refractivity contribution in [3.8, 4) is 10.6 Å². The Morgan fingerprint density at radius 3 is 2.82 bits per heavy atom. The minimum Gasteiger partial charge on any atom is -0.481 e. The first-order chi connectivity index (χ1) is 16.5. The molecular formula is C26H25N5O2S. The zero-order valence-corrected chi connectivity index (χ0v) is 19.8. The number of aromatic nitrogens is 3. The molecule has 1 unspecified atom stereocenters. The van der Waals surface area contributed by atoms with Crippen LogP contribution in [0, 0.1) is 6.92 Å². The van der Waals surface area contributed by atoms with Gasteiger partial charge in [-0.05, 0) is 66.8 Å². The number of nitrogens with zero attached hydrogens (tertiary/aromatic N) is 4. The highest BCUT2D eigenvalue weighted by Crippen LogP contribution is 2.35. The summed E-state index contributed by atoms with van der Waals surface area (Å²) >= 11 is 1.61. The molecule has 0 fully saturated rings. The number of hydrogen-bond donors (Lipinski definition) is 2. The standard InChI is InChI=1S/C26H25N5O2S/c1-16-9-11-27-24(13-16)30-23-8-4-7-21(29-23)22-14-28-26(34-22)31-12-10-20-18(15-31)5-3-6-19(20)17(2)25(32)33/h3-9,11,13-14,17H,10,12,15H2,1-2H3,(H,32,33)(H,27,29,30). The Balaban J connectivity index is 1.34. The summed E-state index contributed by atoms with van der Waals surface area (Å²) in [5.74, 6) is 0.202. The molecule has 4 aromatic rings. The van der Waals surface area contributed by atoms with Gasteiger partial charge in [0.25, 0.3) is 0 Å². The van der Waals surface area contributed by atoms with Crippen LogP contribution in [0.25, 0.3) is 10.6 Å². The van der Waals surface area contributed by atoms with E-state index in [0.29, 0.717) is 0 Å². The summed E-state index contributed by atoms with van der Waals surface area (Å²) in [7, 11) is 0. The van der Waals surface area contributed by atoms with Gasteiger partial charge in [0, 0.05) is 25.5 Å². The van der Waals surface area contributed by atoms with E-state index in [0.717, 1.165) is 63.5 Å². The van der Waals surface area contributed by atoms with Crippen LogP contribution in [0.2, 0.25) is 0 Å². The molecule has 8 heteroatoms. The molecule has 2 N–H and O–H groups in total. The third kappa shape index (κ3) is 4.49. The van der Waals surface area contributed by atoms with Gasteiger partial charge in [0.2, 0.25) is 0 Å². The summed E-state index contributed by atoms with van der Waals surface area (Å²) in [6, 6.07) is 15.8. The van der Waals surface area contributed by atoms with E-state index in [-0.39, 0.29) is 0 Å². The Labute approximate surface area is 202 Å². The maximum absolute atomic E-state index is 11.5. The van der Waals surface area contributed by atoms with Crippen LogP contribution in [0.5, 0.6) is 0 Å². The van der Waals surface area contributed by atoms with Crippen LogP contribution in [0.1, 0.15) is 35.1 Å². The highest BCUT2D eigenvalue weighted by atomic mass is 32.1. The topological polar surface area (TPSA) is 91.2 Å². The third-order valence-corrected chi connectivity index (χ3v) is 7.16. The van der Waals surface area contributed by atoms with Crippen molar-refractivity contribution >= 4 is 34.1 Å². The molecule has 172 valence electrons. The molecule has 1 aliphatic rings. The molecule has 0 spiro atoms. The number of aliphatic carboxylic acids is 1. The van der Waals surface area contributed by atoms with Gasteiger partial charge in [0.1, 0.15) is 11.6 Å². The third-order valence-electron chi connectivity index (χ3n) is 6.08. The lowest BCUT2D eigenvalue weighted by Crippen LogP contribution is -2.31. The number of nitrogens with one attached hydrogen (secondary N) is 1. The predicted octanol–water partition coefficient (Wildman–Crippen LogP) is 5.40. The van der Waals surface area contributed by atoms with Crippen LogP contribution in [0.4, 0.5) is 16.8 Å². The largest absolute Gasteiger partial charge is 0.481 e. The first kappa shape index (κ1) is 22.0. The summed E-state index contributed by atoms with van der Waals surface area (Å²) in [4.78, 5) is 28.5. The molecule has 0 radical (unpaired) electrons. The van der Waals surface area contributed by atoms with Crippen LogP contribution in [0.3, 0.4) is 0 Å². The fourth-order valence-electron chi connectivity index (χ4n) is 4.25. The van der Waals surface area contributed by atoms with E-state index in [9.17, 15) is 9.90 Å². The normalized spacial score (nSPS) is 13.9. The van der Waals surface area contributed by atoms with Gasteiger partial charge >= 0.3 is 5.97 Å². The van der Waals surface area contributed by atoms with Crippen molar-refractivity contribution in [3.05, 3.63) is 83.2 Å². The number of hydrogen-bond acceptors (Lipinski definition) is 7. The number of benzene rings is 1. The quantitative estimate of drug-likeness (QED) is 0.389. The zero-order valence-electron chi connectivity index (χ0n) is 19.0. The van der Waals surface area contributed by atoms with Gasteiger partial charge in [-0.15, -0.1) is 0 Å². The number of rotatable bonds is 6. The number of thiazole rings is 1. The highest BCUT2D eigenvalue weighted by molar-refractivity contribution is 7.18. The summed E-state index contributed by atoms with van der Waals surface area (Å²) in [6.45, 7) is 5.30. The number of carboxylic acids is 1. The smallest absolute Gasteiger partial charge is 0.310 e. The molecule has 34 heavy (non-hydrogen) atoms. The summed E-state index contributed by atoms with van der Waals surface area (Å²) in [5, 5.41) is 13.7. The Hall–Kier alpha value is -3.78. The average Bonchev–Trinajstić information content (AvgIpc) is 3.33. The van der Waals surface area contributed by atoms with Crippen molar-refractivity contribution in [2.45, 2.75) is 32.7 Å². The lowest BCUT2D eigenvalue weighted by Gasteiger charge is -2.30. The van der Waals surface area contributed by atoms with Gasteiger partial charge in [-0.1, -0.05) is 35.6 Å². The molecular weight excluding hydrogens is 446 g/mol. The van der Waals surface area contributed by atoms with E-state index in [1.54, 1.807) is 24.5 Å². The van der Waals surface area contributed by atoms with Gasteiger partial charge in [0.15, 0.2) is 5.13 Å². The van der Waals surface area contributed by atoms with E-state index < -0.39 is 11.9 Å². The lowest BCUT2D eigenvalue weighted by molar-refractivity contribution is -0.138. The number of aryl methyl sites for hydroxylation is 1. The number of pyridine rings is 2. The Morgan fingerprint density at radius 2 is 2.00 bits per heavy atom. The van der Waals surface area contributed by atoms with Crippen molar-refractivity contribution < 1.29 is 9.90 Å². The van der Waals surface area contributed by atoms with E-state index >= 15 is 0 Å². The van der Waals surface area contributed by atoms with Gasteiger partial charge in [-0.2, -0.15) is 0 Å². The first-order valence-electron chi connectivity index (χ1n) is 11.2. The SMILES string of the molecule is Cc1ccnc(Nc2cccc(-c3cnc(N4CCc5c(cccc5C(C)C(=O)O)C4)s3)n2)c1. The highest BCUT2D eigenvalue weighted by Gasteiger charge is 2.25. The molecule has 0 saturated carbocycles. The van der Waals surface area contributed by atoms with Crippen LogP contribution >= 0.6 is 11.3 Å². The minimum atomic E-state index is -0.789. The molecule has 0 aliphatic carbocycles. The Morgan fingerprint density at radius 1 is 1.15 bits per heavy atom. The molecule has 5 rings (SSSR count). The Kier molecular flexibility index (Phi) is 5.98. The van der Waals surface area contributed by atoms with Crippen molar-refractivity contribution in [2.75, 3.05) is 16.8 Å². The van der Waals surface area contributed by atoms with Crippen LogP contribution in [0.15, 0.2) is 60.9 Å². The molecule has 1 atom stereocenters. The molecule has 0 saturated heterocycles. The summed E-state index contributed by atoms with van der Waals surface area (Å²) in [5.41, 5.74) is 5.24. The monoisotopic (exact) mass is 471 g/mol. The molecule has 7 nitrogen and oxygen atoms in total. The maximum Gasteiger partial charge on any atom is 0.310 e. The van der Waals surface area contributed by atoms with Crippen LogP contribution in [-0.2, 0) is 17.8 Å². The van der Waals surface area contributed by atoms with Crippen molar-refractivity contribution in [1.82, 2.24) is 15.0 Å².